The van der Waals surface area contributed by atoms with Gasteiger partial charge in [0.05, 0.1) is 0 Å². The molecule has 0 nitrogen and oxygen atoms in total. The Labute approximate surface area is 148 Å². The third kappa shape index (κ3) is 19.7. The van der Waals surface area contributed by atoms with E-state index < -0.39 is 0 Å². The molecule has 0 heteroatoms. The van der Waals surface area contributed by atoms with Gasteiger partial charge < -0.3 is 0 Å². The van der Waals surface area contributed by atoms with Crippen molar-refractivity contribution in [2.24, 2.45) is 0 Å². The predicted molar refractivity (Wildman–Crippen MR) is 108 cm³/mol. The van der Waals surface area contributed by atoms with Crippen LogP contribution in [0.25, 0.3) is 0 Å². The molecular formula is C23H46. The van der Waals surface area contributed by atoms with Gasteiger partial charge in [0.15, 0.2) is 0 Å². The minimum Gasteiger partial charge on any atom is -0.0999 e. The quantitative estimate of drug-likeness (QED) is 0.164. The fourth-order valence-corrected chi connectivity index (χ4v) is 3.32. The average Bonchev–Trinajstić information content (AvgIpc) is 2.55. The van der Waals surface area contributed by atoms with Gasteiger partial charge in [-0.25, -0.2) is 0 Å². The lowest BCUT2D eigenvalue weighted by molar-refractivity contribution is 0.551. The maximum atomic E-state index is 4.28. The van der Waals surface area contributed by atoms with Crippen molar-refractivity contribution in [2.45, 2.75) is 136 Å². The van der Waals surface area contributed by atoms with Gasteiger partial charge in [0, 0.05) is 0 Å². The highest BCUT2D eigenvalue weighted by atomic mass is 14.0. The van der Waals surface area contributed by atoms with Crippen LogP contribution < -0.4 is 0 Å². The number of hydrogen-bond acceptors (Lipinski definition) is 0. The van der Waals surface area contributed by atoms with E-state index in [1.165, 1.54) is 128 Å². The molecule has 0 amide bonds. The van der Waals surface area contributed by atoms with Crippen molar-refractivity contribution in [3.05, 3.63) is 12.2 Å². The highest BCUT2D eigenvalue weighted by Crippen LogP contribution is 2.17. The zero-order valence-electron chi connectivity index (χ0n) is 16.6. The van der Waals surface area contributed by atoms with E-state index in [9.17, 15) is 0 Å². The molecule has 138 valence electrons. The van der Waals surface area contributed by atoms with Gasteiger partial charge in [-0.3, -0.25) is 0 Å². The van der Waals surface area contributed by atoms with Crippen molar-refractivity contribution in [1.82, 2.24) is 0 Å². The molecule has 0 spiro atoms. The van der Waals surface area contributed by atoms with Crippen LogP contribution >= 0.6 is 0 Å². The molecule has 0 aliphatic rings. The second-order valence-electron chi connectivity index (χ2n) is 7.55. The van der Waals surface area contributed by atoms with Crippen LogP contribution in [0.2, 0.25) is 0 Å². The van der Waals surface area contributed by atoms with Crippen molar-refractivity contribution in [1.29, 1.82) is 0 Å². The van der Waals surface area contributed by atoms with E-state index in [2.05, 4.69) is 20.4 Å². The van der Waals surface area contributed by atoms with E-state index in [0.29, 0.717) is 0 Å². The topological polar surface area (TPSA) is 0 Å². The summed E-state index contributed by atoms with van der Waals surface area (Å²) in [5.74, 6) is 0. The molecule has 0 saturated heterocycles. The lowest BCUT2D eigenvalue weighted by atomic mass is 10.0. The summed E-state index contributed by atoms with van der Waals surface area (Å²) >= 11 is 0. The Bertz CT molecular complexity index is 228. The molecule has 0 saturated carbocycles. The summed E-state index contributed by atoms with van der Waals surface area (Å²) in [4.78, 5) is 0. The van der Waals surface area contributed by atoms with Gasteiger partial charge in [-0.15, -0.1) is 0 Å². The monoisotopic (exact) mass is 322 g/mol. The van der Waals surface area contributed by atoms with Crippen LogP contribution in [0.3, 0.4) is 0 Å². The van der Waals surface area contributed by atoms with Crippen molar-refractivity contribution < 1.29 is 0 Å². The minimum atomic E-state index is 1.28. The number of hydrogen-bond donors (Lipinski definition) is 0. The Morgan fingerprint density at radius 1 is 0.435 bits per heavy atom. The molecule has 0 aliphatic heterocycles. The van der Waals surface area contributed by atoms with Crippen molar-refractivity contribution >= 4 is 0 Å². The van der Waals surface area contributed by atoms with Crippen LogP contribution in [0.1, 0.15) is 136 Å². The Kier molecular flexibility index (Phi) is 19.6. The zero-order chi connectivity index (χ0) is 17.0. The Balaban J connectivity index is 3.13. The van der Waals surface area contributed by atoms with Crippen molar-refractivity contribution in [2.75, 3.05) is 0 Å². The van der Waals surface area contributed by atoms with Gasteiger partial charge in [-0.05, 0) is 25.7 Å². The Morgan fingerprint density at radius 3 is 1.00 bits per heavy atom. The maximum Gasteiger partial charge on any atom is -0.0323 e. The van der Waals surface area contributed by atoms with Crippen LogP contribution in [0.5, 0.6) is 0 Å². The van der Waals surface area contributed by atoms with E-state index in [0.717, 1.165) is 0 Å². The molecule has 0 heterocycles. The predicted octanol–water partition coefficient (Wildman–Crippen LogP) is 8.99. The first-order chi connectivity index (χ1) is 11.3. The molecule has 0 unspecified atom stereocenters. The highest BCUT2D eigenvalue weighted by Gasteiger charge is 1.97. The molecule has 0 atom stereocenters. The largest absolute Gasteiger partial charge is 0.0999 e. The molecule has 0 aromatic rings. The zero-order valence-corrected chi connectivity index (χ0v) is 16.6. The molecule has 0 aliphatic carbocycles. The molecule has 0 bridgehead atoms. The van der Waals surface area contributed by atoms with Crippen LogP contribution in [0, 0.1) is 0 Å². The second kappa shape index (κ2) is 19.8. The minimum absolute atomic E-state index is 1.28. The number of unbranched alkanes of at least 4 members (excludes halogenated alkanes) is 15. The molecule has 23 heavy (non-hydrogen) atoms. The van der Waals surface area contributed by atoms with Gasteiger partial charge >= 0.3 is 0 Å². The lowest BCUT2D eigenvalue weighted by Gasteiger charge is -2.06. The van der Waals surface area contributed by atoms with Gasteiger partial charge in [0.2, 0.25) is 0 Å². The lowest BCUT2D eigenvalue weighted by Crippen LogP contribution is -1.86. The van der Waals surface area contributed by atoms with E-state index in [4.69, 9.17) is 0 Å². The van der Waals surface area contributed by atoms with Gasteiger partial charge in [0.1, 0.15) is 0 Å². The SMILES string of the molecule is C=C(CCCCCCCCC)CCCCCCCCCCCC. The number of rotatable bonds is 19. The number of allylic oxidation sites excluding steroid dienone is 1. The third-order valence-electron chi connectivity index (χ3n) is 5.02. The average molecular weight is 323 g/mol. The first-order valence-corrected chi connectivity index (χ1v) is 11.0. The molecule has 0 radical (unpaired) electrons. The summed E-state index contributed by atoms with van der Waals surface area (Å²) in [7, 11) is 0. The second-order valence-corrected chi connectivity index (χ2v) is 7.55. The molecule has 0 aromatic heterocycles. The fraction of sp³-hybridized carbons (Fsp3) is 0.913. The molecule has 0 aromatic carbocycles. The summed E-state index contributed by atoms with van der Waals surface area (Å²) in [6, 6.07) is 0. The normalized spacial score (nSPS) is 11.0. The van der Waals surface area contributed by atoms with Crippen LogP contribution in [-0.2, 0) is 0 Å². The van der Waals surface area contributed by atoms with Crippen LogP contribution in [0.4, 0.5) is 0 Å². The van der Waals surface area contributed by atoms with Gasteiger partial charge in [-0.1, -0.05) is 122 Å². The first kappa shape index (κ1) is 22.7. The smallest absolute Gasteiger partial charge is 0.0323 e. The van der Waals surface area contributed by atoms with Crippen molar-refractivity contribution in [3.8, 4) is 0 Å². The van der Waals surface area contributed by atoms with Gasteiger partial charge in [0.25, 0.3) is 0 Å². The highest BCUT2D eigenvalue weighted by molar-refractivity contribution is 4.93. The van der Waals surface area contributed by atoms with E-state index in [-0.39, 0.29) is 0 Å². The van der Waals surface area contributed by atoms with Gasteiger partial charge in [-0.2, -0.15) is 0 Å². The first-order valence-electron chi connectivity index (χ1n) is 11.0. The van der Waals surface area contributed by atoms with Crippen molar-refractivity contribution in [3.63, 3.8) is 0 Å². The Hall–Kier alpha value is -0.260. The maximum absolute atomic E-state index is 4.28. The molecule has 0 N–H and O–H groups in total. The molecule has 0 rings (SSSR count). The standard InChI is InChI=1S/C23H46/c1-4-6-8-10-12-13-14-16-18-20-22-23(3)21-19-17-15-11-9-7-5-2/h3-22H2,1-2H3. The summed E-state index contributed by atoms with van der Waals surface area (Å²) in [6.45, 7) is 8.86. The van der Waals surface area contributed by atoms with E-state index in [1.54, 1.807) is 0 Å². The summed E-state index contributed by atoms with van der Waals surface area (Å²) in [6.07, 6.45) is 26.8. The van der Waals surface area contributed by atoms with E-state index in [1.807, 2.05) is 0 Å². The Morgan fingerprint density at radius 2 is 0.696 bits per heavy atom. The summed E-state index contributed by atoms with van der Waals surface area (Å²) in [5.41, 5.74) is 1.51. The van der Waals surface area contributed by atoms with E-state index >= 15 is 0 Å². The van der Waals surface area contributed by atoms with Crippen LogP contribution in [-0.4, -0.2) is 0 Å². The third-order valence-corrected chi connectivity index (χ3v) is 5.02. The fourth-order valence-electron chi connectivity index (χ4n) is 3.32. The molecule has 0 fully saturated rings. The summed E-state index contributed by atoms with van der Waals surface area (Å²) < 4.78 is 0. The summed E-state index contributed by atoms with van der Waals surface area (Å²) in [5, 5.41) is 0. The molecular weight excluding hydrogens is 276 g/mol. The van der Waals surface area contributed by atoms with Crippen LogP contribution in [0.15, 0.2) is 12.2 Å².